The molecule has 0 spiro atoms. The van der Waals surface area contributed by atoms with Crippen LogP contribution in [0.25, 0.3) is 10.0 Å². The van der Waals surface area contributed by atoms with Crippen molar-refractivity contribution < 1.29 is 0 Å². The maximum absolute atomic E-state index is 9.93. The van der Waals surface area contributed by atoms with E-state index in [0.29, 0.717) is 16.7 Å². The molecule has 0 radical (unpaired) electrons. The summed E-state index contributed by atoms with van der Waals surface area (Å²) in [4.78, 5) is 0. The van der Waals surface area contributed by atoms with Crippen LogP contribution in [0.5, 0.6) is 0 Å². The molecule has 1 aromatic carbocycles. The van der Waals surface area contributed by atoms with Gasteiger partial charge in [-0.25, -0.2) is 0 Å². The highest BCUT2D eigenvalue weighted by atomic mass is 16.4. The SMILES string of the molecule is Cc1c(C#[N+][O-])cccc1C#[N+][O-]. The Labute approximate surface area is 75.2 Å². The van der Waals surface area contributed by atoms with Crippen molar-refractivity contribution >= 4 is 0 Å². The average Bonchev–Trinajstić information content (AvgIpc) is 2.13. The maximum atomic E-state index is 9.93. The molecule has 0 bridgehead atoms. The van der Waals surface area contributed by atoms with Gasteiger partial charge in [0, 0.05) is 10.0 Å². The summed E-state index contributed by atoms with van der Waals surface area (Å²) in [6.07, 6.45) is 0. The zero-order chi connectivity index (χ0) is 9.68. The Kier molecular flexibility index (Phi) is 2.73. The molecule has 0 unspecified atom stereocenters. The predicted octanol–water partition coefficient (Wildman–Crippen LogP) is 2.35. The van der Waals surface area contributed by atoms with Crippen LogP contribution in [0.1, 0.15) is 16.7 Å². The van der Waals surface area contributed by atoms with Crippen molar-refractivity contribution in [2.45, 2.75) is 6.92 Å². The molecular formula is C9H6N2O2. The van der Waals surface area contributed by atoms with Gasteiger partial charge in [-0.3, -0.25) is 0 Å². The van der Waals surface area contributed by atoms with Gasteiger partial charge in [0.15, 0.2) is 0 Å². The van der Waals surface area contributed by atoms with Crippen molar-refractivity contribution in [2.24, 2.45) is 0 Å². The second-order valence-electron chi connectivity index (χ2n) is 2.38. The van der Waals surface area contributed by atoms with Gasteiger partial charge < -0.3 is 10.4 Å². The van der Waals surface area contributed by atoms with E-state index in [1.165, 1.54) is 0 Å². The summed E-state index contributed by atoms with van der Waals surface area (Å²) in [5, 5.41) is 24.9. The van der Waals surface area contributed by atoms with Crippen LogP contribution in [-0.4, -0.2) is 0 Å². The van der Waals surface area contributed by atoms with Crippen molar-refractivity contribution in [2.75, 3.05) is 0 Å². The number of benzene rings is 1. The van der Waals surface area contributed by atoms with Crippen molar-refractivity contribution in [3.05, 3.63) is 55.3 Å². The van der Waals surface area contributed by atoms with Gasteiger partial charge in [-0.1, -0.05) is 6.07 Å². The lowest BCUT2D eigenvalue weighted by atomic mass is 10.0. The van der Waals surface area contributed by atoms with E-state index >= 15 is 0 Å². The standard InChI is InChI=1S/C9H6N2O2/c1-7-8(5-10-12)3-2-4-9(7)6-11-13/h2-4H,1H3. The molecule has 13 heavy (non-hydrogen) atoms. The molecule has 0 saturated carbocycles. The van der Waals surface area contributed by atoms with Crippen molar-refractivity contribution in [1.29, 1.82) is 0 Å². The quantitative estimate of drug-likeness (QED) is 0.567. The highest BCUT2D eigenvalue weighted by molar-refractivity contribution is 5.49. The molecule has 64 valence electrons. The van der Waals surface area contributed by atoms with Crippen LogP contribution in [-0.2, 0) is 0 Å². The fraction of sp³-hybridized carbons (Fsp3) is 0.111. The van der Waals surface area contributed by atoms with Gasteiger partial charge in [0.2, 0.25) is 0 Å². The minimum atomic E-state index is 0.545. The molecule has 1 aromatic rings. The van der Waals surface area contributed by atoms with Crippen LogP contribution in [0, 0.1) is 29.5 Å². The summed E-state index contributed by atoms with van der Waals surface area (Å²) in [5.41, 5.74) is 1.80. The first kappa shape index (κ1) is 8.89. The zero-order valence-electron chi connectivity index (χ0n) is 6.94. The Bertz CT molecular complexity index is 394. The fourth-order valence-corrected chi connectivity index (χ4v) is 0.976. The molecular weight excluding hydrogens is 168 g/mol. The third-order valence-corrected chi connectivity index (χ3v) is 1.67. The van der Waals surface area contributed by atoms with Gasteiger partial charge in [-0.2, -0.15) is 0 Å². The third kappa shape index (κ3) is 1.88. The summed E-state index contributed by atoms with van der Waals surface area (Å²) in [6, 6.07) is 9.54. The normalized spacial score (nSPS) is 7.77. The molecule has 0 saturated heterocycles. The molecule has 0 fully saturated rings. The minimum Gasteiger partial charge on any atom is -0.498 e. The molecule has 0 N–H and O–H groups in total. The summed E-state index contributed by atoms with van der Waals surface area (Å²) in [5.74, 6) is 0. The van der Waals surface area contributed by atoms with Crippen molar-refractivity contribution in [3.8, 4) is 12.1 Å². The van der Waals surface area contributed by atoms with E-state index in [9.17, 15) is 10.4 Å². The molecule has 1 rings (SSSR count). The molecule has 0 amide bonds. The predicted molar refractivity (Wildman–Crippen MR) is 50.6 cm³/mol. The highest BCUT2D eigenvalue weighted by Gasteiger charge is 2.07. The Hall–Kier alpha value is -2.20. The molecule has 4 heteroatoms. The Morgan fingerprint density at radius 3 is 1.92 bits per heavy atom. The van der Waals surface area contributed by atoms with E-state index in [1.807, 2.05) is 0 Å². The van der Waals surface area contributed by atoms with E-state index in [1.54, 1.807) is 25.1 Å². The van der Waals surface area contributed by atoms with Crippen LogP contribution < -0.4 is 0 Å². The Balaban J connectivity index is 3.28. The first-order valence-electron chi connectivity index (χ1n) is 3.56. The molecule has 0 aliphatic carbocycles. The van der Waals surface area contributed by atoms with Crippen LogP contribution in [0.15, 0.2) is 18.2 Å². The van der Waals surface area contributed by atoms with Gasteiger partial charge in [0.1, 0.15) is 11.1 Å². The van der Waals surface area contributed by atoms with E-state index in [4.69, 9.17) is 0 Å². The fourth-order valence-electron chi connectivity index (χ4n) is 0.976. The van der Waals surface area contributed by atoms with Crippen LogP contribution in [0.2, 0.25) is 0 Å². The summed E-state index contributed by atoms with van der Waals surface area (Å²) >= 11 is 0. The number of rotatable bonds is 0. The lowest BCUT2D eigenvalue weighted by Crippen LogP contribution is -1.86. The number of hydrogen-bond acceptors (Lipinski definition) is 2. The largest absolute Gasteiger partial charge is 0.498 e. The molecule has 0 atom stereocenters. The van der Waals surface area contributed by atoms with E-state index in [-0.39, 0.29) is 0 Å². The Morgan fingerprint density at radius 2 is 1.54 bits per heavy atom. The lowest BCUT2D eigenvalue weighted by Gasteiger charge is -1.92. The van der Waals surface area contributed by atoms with Crippen molar-refractivity contribution in [3.63, 3.8) is 0 Å². The first-order valence-corrected chi connectivity index (χ1v) is 3.56. The second-order valence-corrected chi connectivity index (χ2v) is 2.38. The zero-order valence-corrected chi connectivity index (χ0v) is 6.94. The number of hydrogen-bond donors (Lipinski definition) is 0. The monoisotopic (exact) mass is 174 g/mol. The lowest BCUT2D eigenvalue weighted by molar-refractivity contribution is 1.40. The van der Waals surface area contributed by atoms with Crippen LogP contribution in [0.3, 0.4) is 0 Å². The minimum absolute atomic E-state index is 0.545. The van der Waals surface area contributed by atoms with E-state index in [2.05, 4.69) is 22.2 Å². The highest BCUT2D eigenvalue weighted by Crippen LogP contribution is 2.11. The molecule has 0 heterocycles. The molecule has 4 nitrogen and oxygen atoms in total. The van der Waals surface area contributed by atoms with Crippen LogP contribution in [0.4, 0.5) is 0 Å². The molecule has 0 aliphatic rings. The Morgan fingerprint density at radius 1 is 1.08 bits per heavy atom. The number of nitrogens with zero attached hydrogens (tertiary/aromatic N) is 2. The second kappa shape index (κ2) is 3.99. The van der Waals surface area contributed by atoms with Gasteiger partial charge in [0.25, 0.3) is 0 Å². The van der Waals surface area contributed by atoms with Crippen LogP contribution >= 0.6 is 0 Å². The first-order chi connectivity index (χ1) is 6.29. The topological polar surface area (TPSA) is 54.8 Å². The third-order valence-electron chi connectivity index (χ3n) is 1.67. The van der Waals surface area contributed by atoms with Gasteiger partial charge in [-0.05, 0) is 24.6 Å². The van der Waals surface area contributed by atoms with E-state index in [0.717, 1.165) is 0 Å². The summed E-state index contributed by atoms with van der Waals surface area (Å²) in [6.45, 7) is 1.74. The summed E-state index contributed by atoms with van der Waals surface area (Å²) in [7, 11) is 0. The van der Waals surface area contributed by atoms with Crippen molar-refractivity contribution in [1.82, 2.24) is 0 Å². The molecule has 0 aliphatic heterocycles. The van der Waals surface area contributed by atoms with Gasteiger partial charge in [-0.15, -0.1) is 0 Å². The molecule has 0 aromatic heterocycles. The smallest absolute Gasteiger partial charge is 0.336 e. The average molecular weight is 174 g/mol. The summed E-state index contributed by atoms with van der Waals surface area (Å²) < 4.78 is 0. The van der Waals surface area contributed by atoms with E-state index < -0.39 is 0 Å². The maximum Gasteiger partial charge on any atom is 0.336 e. The van der Waals surface area contributed by atoms with Gasteiger partial charge in [0.05, 0.1) is 0 Å². The van der Waals surface area contributed by atoms with Gasteiger partial charge >= 0.3 is 12.1 Å².